The van der Waals surface area contributed by atoms with Crippen LogP contribution in [0.3, 0.4) is 0 Å². The molecule has 2 aromatic rings. The van der Waals surface area contributed by atoms with Gasteiger partial charge in [0.05, 0.1) is 7.11 Å². The van der Waals surface area contributed by atoms with Crippen LogP contribution < -0.4 is 9.47 Å². The molecule has 0 fully saturated rings. The minimum Gasteiger partial charge on any atom is -0.497 e. The third kappa shape index (κ3) is 3.64. The highest BCUT2D eigenvalue weighted by atomic mass is 19.4. The maximum atomic E-state index is 12.0. The van der Waals surface area contributed by atoms with Gasteiger partial charge in [0.2, 0.25) is 0 Å². The summed E-state index contributed by atoms with van der Waals surface area (Å²) in [6, 6.07) is 13.0. The summed E-state index contributed by atoms with van der Waals surface area (Å²) >= 11 is 0. The maximum absolute atomic E-state index is 12.0. The number of methoxy groups -OCH3 is 1. The van der Waals surface area contributed by atoms with Gasteiger partial charge in [-0.25, -0.2) is 0 Å². The third-order valence-electron chi connectivity index (χ3n) is 2.49. The standard InChI is InChI=1S/C14H11F3O2/c1-18-13-4-2-3-11(9-13)10-5-7-12(8-6-10)19-14(15,16)17/h2-9H,1H3. The molecule has 0 N–H and O–H groups in total. The molecule has 100 valence electrons. The highest BCUT2D eigenvalue weighted by molar-refractivity contribution is 5.65. The molecule has 0 aromatic heterocycles. The lowest BCUT2D eigenvalue weighted by atomic mass is 10.1. The largest absolute Gasteiger partial charge is 0.573 e. The molecule has 0 unspecified atom stereocenters. The zero-order valence-corrected chi connectivity index (χ0v) is 10.1. The van der Waals surface area contributed by atoms with Gasteiger partial charge in [-0.3, -0.25) is 0 Å². The summed E-state index contributed by atoms with van der Waals surface area (Å²) in [6.45, 7) is 0. The van der Waals surface area contributed by atoms with E-state index in [9.17, 15) is 13.2 Å². The zero-order chi connectivity index (χ0) is 13.9. The van der Waals surface area contributed by atoms with E-state index in [1.54, 1.807) is 31.4 Å². The minimum absolute atomic E-state index is 0.237. The second kappa shape index (κ2) is 5.22. The average molecular weight is 268 g/mol. The van der Waals surface area contributed by atoms with Gasteiger partial charge >= 0.3 is 6.36 Å². The Morgan fingerprint density at radius 3 is 2.11 bits per heavy atom. The van der Waals surface area contributed by atoms with Gasteiger partial charge in [0.15, 0.2) is 0 Å². The summed E-state index contributed by atoms with van der Waals surface area (Å²) < 4.78 is 45.0. The molecule has 2 nitrogen and oxygen atoms in total. The lowest BCUT2D eigenvalue weighted by molar-refractivity contribution is -0.274. The lowest BCUT2D eigenvalue weighted by Gasteiger charge is -2.09. The van der Waals surface area contributed by atoms with Gasteiger partial charge in [0.1, 0.15) is 11.5 Å². The highest BCUT2D eigenvalue weighted by Crippen LogP contribution is 2.28. The van der Waals surface area contributed by atoms with Gasteiger partial charge in [-0.2, -0.15) is 0 Å². The summed E-state index contributed by atoms with van der Waals surface area (Å²) in [5.41, 5.74) is 1.64. The molecule has 0 radical (unpaired) electrons. The van der Waals surface area contributed by atoms with E-state index in [0.29, 0.717) is 5.75 Å². The van der Waals surface area contributed by atoms with Crippen molar-refractivity contribution in [3.8, 4) is 22.6 Å². The van der Waals surface area contributed by atoms with Crippen molar-refractivity contribution in [3.05, 3.63) is 48.5 Å². The van der Waals surface area contributed by atoms with Crippen LogP contribution in [0.25, 0.3) is 11.1 Å². The van der Waals surface area contributed by atoms with Gasteiger partial charge < -0.3 is 9.47 Å². The van der Waals surface area contributed by atoms with Crippen molar-refractivity contribution in [2.45, 2.75) is 6.36 Å². The van der Waals surface area contributed by atoms with Crippen molar-refractivity contribution in [1.82, 2.24) is 0 Å². The first-order chi connectivity index (χ1) is 8.98. The lowest BCUT2D eigenvalue weighted by Crippen LogP contribution is -2.16. The molecule has 19 heavy (non-hydrogen) atoms. The molecule has 0 aliphatic heterocycles. The van der Waals surface area contributed by atoms with E-state index >= 15 is 0 Å². The minimum atomic E-state index is -4.67. The van der Waals surface area contributed by atoms with Gasteiger partial charge in [-0.05, 0) is 35.4 Å². The molecule has 2 rings (SSSR count). The molecule has 0 saturated carbocycles. The van der Waals surface area contributed by atoms with Gasteiger partial charge in [-0.1, -0.05) is 24.3 Å². The number of hydrogen-bond acceptors (Lipinski definition) is 2. The summed E-state index contributed by atoms with van der Waals surface area (Å²) in [6.07, 6.45) is -4.67. The summed E-state index contributed by atoms with van der Waals surface area (Å²) in [7, 11) is 1.55. The summed E-state index contributed by atoms with van der Waals surface area (Å²) in [5.74, 6) is 0.451. The first-order valence-corrected chi connectivity index (χ1v) is 5.48. The first-order valence-electron chi connectivity index (χ1n) is 5.48. The summed E-state index contributed by atoms with van der Waals surface area (Å²) in [5, 5.41) is 0. The van der Waals surface area contributed by atoms with Crippen molar-refractivity contribution >= 4 is 0 Å². The SMILES string of the molecule is COc1cccc(-c2ccc(OC(F)(F)F)cc2)c1. The van der Waals surface area contributed by atoms with Crippen LogP contribution in [0.1, 0.15) is 0 Å². The van der Waals surface area contributed by atoms with Crippen LogP contribution >= 0.6 is 0 Å². The number of benzene rings is 2. The normalized spacial score (nSPS) is 11.2. The smallest absolute Gasteiger partial charge is 0.497 e. The third-order valence-corrected chi connectivity index (χ3v) is 2.49. The molecular weight excluding hydrogens is 257 g/mol. The van der Waals surface area contributed by atoms with E-state index < -0.39 is 6.36 Å². The highest BCUT2D eigenvalue weighted by Gasteiger charge is 2.30. The van der Waals surface area contributed by atoms with Crippen molar-refractivity contribution in [3.63, 3.8) is 0 Å². The monoisotopic (exact) mass is 268 g/mol. The van der Waals surface area contributed by atoms with Crippen LogP contribution in [0.5, 0.6) is 11.5 Å². The van der Waals surface area contributed by atoms with E-state index in [-0.39, 0.29) is 5.75 Å². The molecule has 0 aliphatic carbocycles. The topological polar surface area (TPSA) is 18.5 Å². The van der Waals surface area contributed by atoms with Crippen LogP contribution in [0, 0.1) is 0 Å². The van der Waals surface area contributed by atoms with Crippen LogP contribution in [0.2, 0.25) is 0 Å². The first kappa shape index (κ1) is 13.3. The Labute approximate surface area is 108 Å². The molecule has 0 saturated heterocycles. The number of rotatable bonds is 3. The molecule has 0 atom stereocenters. The molecule has 0 aliphatic rings. The van der Waals surface area contributed by atoms with E-state index in [1.807, 2.05) is 12.1 Å². The Kier molecular flexibility index (Phi) is 3.64. The van der Waals surface area contributed by atoms with Crippen molar-refractivity contribution in [1.29, 1.82) is 0 Å². The van der Waals surface area contributed by atoms with Crippen molar-refractivity contribution in [2.75, 3.05) is 7.11 Å². The van der Waals surface area contributed by atoms with Gasteiger partial charge in [-0.15, -0.1) is 13.2 Å². The van der Waals surface area contributed by atoms with Crippen LogP contribution in [-0.2, 0) is 0 Å². The second-order valence-electron chi connectivity index (χ2n) is 3.80. The number of alkyl halides is 3. The van der Waals surface area contributed by atoms with E-state index in [2.05, 4.69) is 4.74 Å². The number of halogens is 3. The van der Waals surface area contributed by atoms with Gasteiger partial charge in [0, 0.05) is 0 Å². The van der Waals surface area contributed by atoms with Gasteiger partial charge in [0.25, 0.3) is 0 Å². The average Bonchev–Trinajstić information content (AvgIpc) is 2.38. The van der Waals surface area contributed by atoms with Crippen LogP contribution in [-0.4, -0.2) is 13.5 Å². The van der Waals surface area contributed by atoms with Crippen LogP contribution in [0.4, 0.5) is 13.2 Å². The Morgan fingerprint density at radius 2 is 1.53 bits per heavy atom. The maximum Gasteiger partial charge on any atom is 0.573 e. The molecule has 2 aromatic carbocycles. The number of ether oxygens (including phenoxy) is 2. The zero-order valence-electron chi connectivity index (χ0n) is 10.1. The Balaban J connectivity index is 2.22. The Bertz CT molecular complexity index is 547. The van der Waals surface area contributed by atoms with E-state index in [4.69, 9.17) is 4.74 Å². The predicted octanol–water partition coefficient (Wildman–Crippen LogP) is 4.26. The fourth-order valence-corrected chi connectivity index (χ4v) is 1.65. The Morgan fingerprint density at radius 1 is 0.842 bits per heavy atom. The molecule has 0 bridgehead atoms. The summed E-state index contributed by atoms with van der Waals surface area (Å²) in [4.78, 5) is 0. The molecule has 5 heteroatoms. The van der Waals surface area contributed by atoms with Crippen molar-refractivity contribution < 1.29 is 22.6 Å². The second-order valence-corrected chi connectivity index (χ2v) is 3.80. The molecule has 0 heterocycles. The molecular formula is C14H11F3O2. The Hall–Kier alpha value is -2.17. The van der Waals surface area contributed by atoms with E-state index in [0.717, 1.165) is 11.1 Å². The fourth-order valence-electron chi connectivity index (χ4n) is 1.65. The predicted molar refractivity (Wildman–Crippen MR) is 65.1 cm³/mol. The fraction of sp³-hybridized carbons (Fsp3) is 0.143. The van der Waals surface area contributed by atoms with Crippen molar-refractivity contribution in [2.24, 2.45) is 0 Å². The molecule has 0 spiro atoms. The van der Waals surface area contributed by atoms with Crippen LogP contribution in [0.15, 0.2) is 48.5 Å². The quantitative estimate of drug-likeness (QED) is 0.828. The molecule has 0 amide bonds. The number of hydrogen-bond donors (Lipinski definition) is 0. The van der Waals surface area contributed by atoms with E-state index in [1.165, 1.54) is 12.1 Å².